The van der Waals surface area contributed by atoms with Gasteiger partial charge in [-0.1, -0.05) is 25.3 Å². The van der Waals surface area contributed by atoms with E-state index in [2.05, 4.69) is 28.8 Å². The third kappa shape index (κ3) is 5.46. The molecule has 116 valence electrons. The summed E-state index contributed by atoms with van der Waals surface area (Å²) in [5, 5.41) is 7.63. The molecule has 0 aliphatic rings. The highest BCUT2D eigenvalue weighted by Crippen LogP contribution is 2.25. The van der Waals surface area contributed by atoms with Gasteiger partial charge in [0, 0.05) is 11.8 Å². The molecule has 1 N–H and O–H groups in total. The third-order valence-corrected chi connectivity index (χ3v) is 5.94. The summed E-state index contributed by atoms with van der Waals surface area (Å²) in [6.07, 6.45) is 3.41. The predicted molar refractivity (Wildman–Crippen MR) is 83.9 cm³/mol. The van der Waals surface area contributed by atoms with Gasteiger partial charge in [0.2, 0.25) is 0 Å². The number of nitrogens with zero attached hydrogens (tertiary/aromatic N) is 2. The van der Waals surface area contributed by atoms with Gasteiger partial charge in [-0.3, -0.25) is 0 Å². The van der Waals surface area contributed by atoms with E-state index in [4.69, 9.17) is 0 Å². The molecule has 0 aliphatic carbocycles. The van der Waals surface area contributed by atoms with Crippen LogP contribution in [0, 0.1) is 0 Å². The van der Waals surface area contributed by atoms with Gasteiger partial charge in [0.25, 0.3) is 0 Å². The van der Waals surface area contributed by atoms with Crippen LogP contribution in [0.15, 0.2) is 0 Å². The summed E-state index contributed by atoms with van der Waals surface area (Å²) in [7, 11) is -2.88. The Kier molecular flexibility index (Phi) is 7.61. The van der Waals surface area contributed by atoms with Crippen molar-refractivity contribution in [2.45, 2.75) is 52.5 Å². The van der Waals surface area contributed by atoms with Gasteiger partial charge in [-0.25, -0.2) is 8.42 Å². The number of sulfone groups is 1. The summed E-state index contributed by atoms with van der Waals surface area (Å²) in [5.41, 5.74) is 1.03. The van der Waals surface area contributed by atoms with Crippen molar-refractivity contribution < 1.29 is 8.42 Å². The van der Waals surface area contributed by atoms with Crippen molar-refractivity contribution in [3.8, 4) is 0 Å². The van der Waals surface area contributed by atoms with Crippen LogP contribution in [0.2, 0.25) is 0 Å². The normalized spacial score (nSPS) is 13.6. The Morgan fingerprint density at radius 3 is 2.65 bits per heavy atom. The molecule has 0 amide bonds. The Hall–Kier alpha value is -0.530. The molecule has 0 bridgehead atoms. The van der Waals surface area contributed by atoms with Crippen molar-refractivity contribution in [1.82, 2.24) is 14.9 Å². The molecule has 7 heteroatoms. The van der Waals surface area contributed by atoms with Crippen LogP contribution < -0.4 is 5.32 Å². The number of aryl methyl sites for hydroxylation is 1. The number of aromatic nitrogens is 2. The Morgan fingerprint density at radius 1 is 1.30 bits per heavy atom. The fraction of sp³-hybridized carbons (Fsp3) is 0.846. The van der Waals surface area contributed by atoms with Crippen molar-refractivity contribution in [2.75, 3.05) is 18.1 Å². The van der Waals surface area contributed by atoms with Crippen LogP contribution in [0.5, 0.6) is 0 Å². The first-order valence-corrected chi connectivity index (χ1v) is 9.88. The lowest BCUT2D eigenvalue weighted by atomic mass is 10.1. The maximum absolute atomic E-state index is 11.6. The quantitative estimate of drug-likeness (QED) is 0.717. The van der Waals surface area contributed by atoms with Crippen LogP contribution >= 0.6 is 11.5 Å². The van der Waals surface area contributed by atoms with Crippen LogP contribution in [0.4, 0.5) is 0 Å². The summed E-state index contributed by atoms with van der Waals surface area (Å²) in [5.74, 6) is 0.490. The molecule has 1 rings (SSSR count). The molecule has 0 radical (unpaired) electrons. The smallest absolute Gasteiger partial charge is 0.150 e. The summed E-state index contributed by atoms with van der Waals surface area (Å²) in [4.78, 5) is 1.16. The highest BCUT2D eigenvalue weighted by molar-refractivity contribution is 7.91. The van der Waals surface area contributed by atoms with E-state index >= 15 is 0 Å². The van der Waals surface area contributed by atoms with Gasteiger partial charge in [0.1, 0.15) is 9.84 Å². The first kappa shape index (κ1) is 17.5. The Morgan fingerprint density at radius 2 is 2.05 bits per heavy atom. The van der Waals surface area contributed by atoms with Crippen molar-refractivity contribution >= 4 is 21.4 Å². The standard InChI is InChI=1S/C13H25N3O2S2/c1-4-9-14-12(8-7-10-20(17,18)6-3)13-11(5-2)15-16-19-13/h12,14H,4-10H2,1-3H3. The van der Waals surface area contributed by atoms with E-state index in [-0.39, 0.29) is 17.5 Å². The van der Waals surface area contributed by atoms with Crippen molar-refractivity contribution in [3.05, 3.63) is 10.6 Å². The lowest BCUT2D eigenvalue weighted by Gasteiger charge is -2.17. The van der Waals surface area contributed by atoms with Crippen LogP contribution in [-0.4, -0.2) is 36.1 Å². The molecule has 20 heavy (non-hydrogen) atoms. The van der Waals surface area contributed by atoms with Crippen LogP contribution in [0.25, 0.3) is 0 Å². The minimum absolute atomic E-state index is 0.178. The van der Waals surface area contributed by atoms with E-state index in [1.807, 2.05) is 0 Å². The summed E-state index contributed by atoms with van der Waals surface area (Å²) in [6.45, 7) is 6.81. The molecule has 0 saturated carbocycles. The molecule has 0 fully saturated rings. The first-order valence-electron chi connectivity index (χ1n) is 7.29. The van der Waals surface area contributed by atoms with E-state index < -0.39 is 9.84 Å². The van der Waals surface area contributed by atoms with Gasteiger partial charge in [0.05, 0.1) is 16.3 Å². The minimum atomic E-state index is -2.88. The average molecular weight is 319 g/mol. The van der Waals surface area contributed by atoms with Crippen molar-refractivity contribution in [1.29, 1.82) is 0 Å². The molecule has 1 aromatic heterocycles. The van der Waals surface area contributed by atoms with Crippen LogP contribution in [0.3, 0.4) is 0 Å². The number of hydrogen-bond donors (Lipinski definition) is 1. The lowest BCUT2D eigenvalue weighted by Crippen LogP contribution is -2.23. The maximum atomic E-state index is 11.6. The molecular formula is C13H25N3O2S2. The van der Waals surface area contributed by atoms with Crippen molar-refractivity contribution in [3.63, 3.8) is 0 Å². The topological polar surface area (TPSA) is 72.0 Å². The first-order chi connectivity index (χ1) is 9.54. The third-order valence-electron chi connectivity index (χ3n) is 3.27. The van der Waals surface area contributed by atoms with Crippen LogP contribution in [-0.2, 0) is 16.3 Å². The summed E-state index contributed by atoms with van der Waals surface area (Å²) < 4.78 is 27.2. The SMILES string of the molecule is CCCNC(CCCS(=O)(=O)CC)c1snnc1CC. The van der Waals surface area contributed by atoms with E-state index in [1.165, 1.54) is 11.5 Å². The molecule has 0 aromatic carbocycles. The lowest BCUT2D eigenvalue weighted by molar-refractivity contribution is 0.495. The highest BCUT2D eigenvalue weighted by atomic mass is 32.2. The monoisotopic (exact) mass is 319 g/mol. The van der Waals surface area contributed by atoms with Gasteiger partial charge >= 0.3 is 0 Å². The predicted octanol–water partition coefficient (Wildman–Crippen LogP) is 2.36. The average Bonchev–Trinajstić information content (AvgIpc) is 2.90. The van der Waals surface area contributed by atoms with Crippen LogP contribution in [0.1, 0.15) is 56.6 Å². The molecule has 1 unspecified atom stereocenters. The van der Waals surface area contributed by atoms with Gasteiger partial charge in [-0.05, 0) is 43.8 Å². The number of hydrogen-bond acceptors (Lipinski definition) is 6. The molecular weight excluding hydrogens is 294 g/mol. The molecule has 0 spiro atoms. The second-order valence-corrected chi connectivity index (χ2v) is 8.08. The molecule has 1 aromatic rings. The molecule has 0 aliphatic heterocycles. The molecule has 0 saturated heterocycles. The zero-order chi connectivity index (χ0) is 15.0. The summed E-state index contributed by atoms with van der Waals surface area (Å²) >= 11 is 1.42. The van der Waals surface area contributed by atoms with Gasteiger partial charge < -0.3 is 5.32 Å². The maximum Gasteiger partial charge on any atom is 0.150 e. The zero-order valence-electron chi connectivity index (χ0n) is 12.6. The Bertz CT molecular complexity index is 486. The summed E-state index contributed by atoms with van der Waals surface area (Å²) in [6, 6.07) is 0.178. The number of rotatable bonds is 10. The fourth-order valence-electron chi connectivity index (χ4n) is 2.02. The van der Waals surface area contributed by atoms with E-state index in [0.717, 1.165) is 36.4 Å². The van der Waals surface area contributed by atoms with E-state index in [0.29, 0.717) is 6.42 Å². The minimum Gasteiger partial charge on any atom is -0.309 e. The second-order valence-electron chi connectivity index (χ2n) is 4.82. The molecule has 1 heterocycles. The second kappa shape index (κ2) is 8.69. The van der Waals surface area contributed by atoms with Gasteiger partial charge in [0.15, 0.2) is 0 Å². The fourth-order valence-corrected chi connectivity index (χ4v) is 3.76. The highest BCUT2D eigenvalue weighted by Gasteiger charge is 2.18. The van der Waals surface area contributed by atoms with E-state index in [9.17, 15) is 8.42 Å². The van der Waals surface area contributed by atoms with Gasteiger partial charge in [-0.2, -0.15) is 0 Å². The molecule has 1 atom stereocenters. The zero-order valence-corrected chi connectivity index (χ0v) is 14.2. The van der Waals surface area contributed by atoms with Gasteiger partial charge in [-0.15, -0.1) is 5.10 Å². The molecule has 5 nitrogen and oxygen atoms in total. The number of nitrogens with one attached hydrogen (secondary N) is 1. The van der Waals surface area contributed by atoms with E-state index in [1.54, 1.807) is 6.92 Å². The Labute approximate surface area is 126 Å². The van der Waals surface area contributed by atoms with Crippen molar-refractivity contribution in [2.24, 2.45) is 0 Å². The largest absolute Gasteiger partial charge is 0.309 e. The Balaban J connectivity index is 2.65.